The Labute approximate surface area is 118 Å². The molecule has 6 nitrogen and oxygen atoms in total. The van der Waals surface area contributed by atoms with Crippen LogP contribution < -0.4 is 10.3 Å². The molecule has 0 spiro atoms. The molecular weight excluding hydrogens is 278 g/mol. The standard InChI is InChI=1S/C13H13N3O3S/c1-16-10-4-2-8(9-3-5-12(17)15-14-9)6-11(10)20(19)7-13(16)18/h2,4,6H,3,5,7H2,1H3,(H,15,17). The number of benzene rings is 1. The quantitative estimate of drug-likeness (QED) is 0.812. The van der Waals surface area contributed by atoms with E-state index in [0.29, 0.717) is 23.4 Å². The summed E-state index contributed by atoms with van der Waals surface area (Å²) < 4.78 is 12.1. The van der Waals surface area contributed by atoms with Gasteiger partial charge in [-0.1, -0.05) is 6.07 Å². The Hall–Kier alpha value is -2.02. The fourth-order valence-electron chi connectivity index (χ4n) is 2.26. The lowest BCUT2D eigenvalue weighted by Crippen LogP contribution is -2.35. The minimum atomic E-state index is -1.32. The van der Waals surface area contributed by atoms with E-state index in [1.54, 1.807) is 19.2 Å². The number of hydrazone groups is 1. The van der Waals surface area contributed by atoms with Gasteiger partial charge in [-0.25, -0.2) is 5.43 Å². The highest BCUT2D eigenvalue weighted by molar-refractivity contribution is 7.86. The van der Waals surface area contributed by atoms with Gasteiger partial charge in [-0.2, -0.15) is 5.10 Å². The number of carbonyl (C=O) groups excluding carboxylic acids is 2. The van der Waals surface area contributed by atoms with Gasteiger partial charge >= 0.3 is 0 Å². The van der Waals surface area contributed by atoms with Crippen LogP contribution in [-0.4, -0.2) is 34.5 Å². The first kappa shape index (κ1) is 13.0. The molecule has 2 heterocycles. The Bertz CT molecular complexity index is 669. The topological polar surface area (TPSA) is 78.8 Å². The maximum absolute atomic E-state index is 12.1. The van der Waals surface area contributed by atoms with Crippen molar-refractivity contribution in [3.05, 3.63) is 23.8 Å². The smallest absolute Gasteiger partial charge is 0.240 e. The molecule has 20 heavy (non-hydrogen) atoms. The zero-order valence-corrected chi connectivity index (χ0v) is 11.7. The Kier molecular flexibility index (Phi) is 3.13. The number of anilines is 1. The highest BCUT2D eigenvalue weighted by Crippen LogP contribution is 2.29. The fraction of sp³-hybridized carbons (Fsp3) is 0.308. The molecule has 0 radical (unpaired) electrons. The lowest BCUT2D eigenvalue weighted by atomic mass is 10.0. The largest absolute Gasteiger partial charge is 0.313 e. The maximum atomic E-state index is 12.1. The molecule has 2 amide bonds. The average Bonchev–Trinajstić information content (AvgIpc) is 2.45. The van der Waals surface area contributed by atoms with E-state index < -0.39 is 10.8 Å². The molecule has 1 aromatic rings. The van der Waals surface area contributed by atoms with E-state index >= 15 is 0 Å². The van der Waals surface area contributed by atoms with Crippen molar-refractivity contribution in [2.45, 2.75) is 17.7 Å². The van der Waals surface area contributed by atoms with Crippen molar-refractivity contribution in [1.82, 2.24) is 5.43 Å². The van der Waals surface area contributed by atoms with E-state index in [1.165, 1.54) is 4.90 Å². The summed E-state index contributed by atoms with van der Waals surface area (Å²) in [5.41, 5.74) is 4.72. The van der Waals surface area contributed by atoms with Crippen LogP contribution in [0.4, 0.5) is 5.69 Å². The summed E-state index contributed by atoms with van der Waals surface area (Å²) in [6, 6.07) is 5.41. The van der Waals surface area contributed by atoms with Crippen LogP contribution in [0.3, 0.4) is 0 Å². The van der Waals surface area contributed by atoms with Crippen molar-refractivity contribution >= 4 is 34.0 Å². The van der Waals surface area contributed by atoms with Crippen LogP contribution in [0.1, 0.15) is 18.4 Å². The predicted molar refractivity (Wildman–Crippen MR) is 75.0 cm³/mol. The van der Waals surface area contributed by atoms with E-state index in [0.717, 1.165) is 11.3 Å². The number of carbonyl (C=O) groups is 2. The third kappa shape index (κ3) is 2.14. The second kappa shape index (κ2) is 4.82. The van der Waals surface area contributed by atoms with Crippen LogP contribution in [0.5, 0.6) is 0 Å². The van der Waals surface area contributed by atoms with Crippen molar-refractivity contribution < 1.29 is 13.8 Å². The zero-order valence-electron chi connectivity index (χ0n) is 10.9. The molecule has 1 aromatic carbocycles. The molecular formula is C13H13N3O3S. The predicted octanol–water partition coefficient (Wildman–Crippen LogP) is 0.385. The third-order valence-corrected chi connectivity index (χ3v) is 4.76. The summed E-state index contributed by atoms with van der Waals surface area (Å²) >= 11 is 0. The maximum Gasteiger partial charge on any atom is 0.240 e. The van der Waals surface area contributed by atoms with Gasteiger partial charge in [0, 0.05) is 19.9 Å². The van der Waals surface area contributed by atoms with Crippen LogP contribution in [0.15, 0.2) is 28.2 Å². The van der Waals surface area contributed by atoms with Crippen LogP contribution >= 0.6 is 0 Å². The SMILES string of the molecule is CN1C(=O)CS(=O)c2cc(C3=NNC(=O)CC3)ccc21. The molecule has 1 atom stereocenters. The number of nitrogens with zero attached hydrogens (tertiary/aromatic N) is 2. The third-order valence-electron chi connectivity index (χ3n) is 3.43. The van der Waals surface area contributed by atoms with E-state index in [9.17, 15) is 13.8 Å². The molecule has 1 N–H and O–H groups in total. The zero-order chi connectivity index (χ0) is 14.3. The lowest BCUT2D eigenvalue weighted by Gasteiger charge is -2.25. The molecule has 0 aromatic heterocycles. The summed E-state index contributed by atoms with van der Waals surface area (Å²) in [5, 5.41) is 4.03. The molecule has 7 heteroatoms. The van der Waals surface area contributed by atoms with Gasteiger partial charge in [0.05, 0.1) is 27.1 Å². The summed E-state index contributed by atoms with van der Waals surface area (Å²) in [4.78, 5) is 24.9. The highest BCUT2D eigenvalue weighted by Gasteiger charge is 2.27. The van der Waals surface area contributed by atoms with Gasteiger partial charge in [0.2, 0.25) is 11.8 Å². The van der Waals surface area contributed by atoms with E-state index in [1.807, 2.05) is 6.07 Å². The highest BCUT2D eigenvalue weighted by atomic mass is 32.2. The number of fused-ring (bicyclic) bond motifs is 1. The van der Waals surface area contributed by atoms with Crippen LogP contribution in [0.2, 0.25) is 0 Å². The summed E-state index contributed by atoms with van der Waals surface area (Å²) in [6.07, 6.45) is 0.962. The molecule has 0 fully saturated rings. The van der Waals surface area contributed by atoms with E-state index in [4.69, 9.17) is 0 Å². The lowest BCUT2D eigenvalue weighted by molar-refractivity contribution is -0.121. The second-order valence-electron chi connectivity index (χ2n) is 4.72. The summed E-state index contributed by atoms with van der Waals surface area (Å²) in [6.45, 7) is 0. The van der Waals surface area contributed by atoms with Crippen LogP contribution in [0.25, 0.3) is 0 Å². The molecule has 2 aliphatic rings. The molecule has 104 valence electrons. The summed E-state index contributed by atoms with van der Waals surface area (Å²) in [5.74, 6) is -0.234. The number of hydrogen-bond acceptors (Lipinski definition) is 4. The van der Waals surface area contributed by atoms with Gasteiger partial charge in [0.15, 0.2) is 0 Å². The van der Waals surface area contributed by atoms with Crippen molar-refractivity contribution in [1.29, 1.82) is 0 Å². The van der Waals surface area contributed by atoms with Gasteiger partial charge < -0.3 is 4.90 Å². The Morgan fingerprint density at radius 3 is 2.80 bits per heavy atom. The summed E-state index contributed by atoms with van der Waals surface area (Å²) in [7, 11) is 0.355. The van der Waals surface area contributed by atoms with Crippen molar-refractivity contribution in [3.8, 4) is 0 Å². The van der Waals surface area contributed by atoms with Gasteiger partial charge in [-0.15, -0.1) is 0 Å². The first-order valence-corrected chi connectivity index (χ1v) is 7.53. The van der Waals surface area contributed by atoms with Crippen molar-refractivity contribution in [2.75, 3.05) is 17.7 Å². The minimum Gasteiger partial charge on any atom is -0.313 e. The van der Waals surface area contributed by atoms with Gasteiger partial charge in [-0.05, 0) is 17.7 Å². The number of rotatable bonds is 1. The molecule has 2 aliphatic heterocycles. The first-order valence-electron chi connectivity index (χ1n) is 6.21. The number of hydrogen-bond donors (Lipinski definition) is 1. The molecule has 1 unspecified atom stereocenters. The second-order valence-corrected chi connectivity index (χ2v) is 6.14. The molecule has 0 saturated carbocycles. The Morgan fingerprint density at radius 2 is 2.10 bits per heavy atom. The normalized spacial score (nSPS) is 22.1. The van der Waals surface area contributed by atoms with Gasteiger partial charge in [-0.3, -0.25) is 13.8 Å². The van der Waals surface area contributed by atoms with E-state index in [-0.39, 0.29) is 17.6 Å². The average molecular weight is 291 g/mol. The molecule has 0 saturated heterocycles. The molecule has 0 bridgehead atoms. The Morgan fingerprint density at radius 1 is 1.30 bits per heavy atom. The fourth-order valence-corrected chi connectivity index (χ4v) is 3.53. The van der Waals surface area contributed by atoms with Crippen LogP contribution in [0, 0.1) is 0 Å². The van der Waals surface area contributed by atoms with Crippen molar-refractivity contribution in [2.24, 2.45) is 5.10 Å². The van der Waals surface area contributed by atoms with E-state index in [2.05, 4.69) is 10.5 Å². The molecule has 0 aliphatic carbocycles. The Balaban J connectivity index is 2.01. The minimum absolute atomic E-state index is 0.0101. The monoisotopic (exact) mass is 291 g/mol. The molecule has 3 rings (SSSR count). The number of amides is 2. The van der Waals surface area contributed by atoms with Gasteiger partial charge in [0.1, 0.15) is 5.75 Å². The first-order chi connectivity index (χ1) is 9.56. The number of nitrogens with one attached hydrogen (secondary N) is 1. The van der Waals surface area contributed by atoms with Crippen LogP contribution in [-0.2, 0) is 20.4 Å². The van der Waals surface area contributed by atoms with Gasteiger partial charge in [0.25, 0.3) is 0 Å². The van der Waals surface area contributed by atoms with Crippen molar-refractivity contribution in [3.63, 3.8) is 0 Å².